The molecule has 1 aliphatic carbocycles. The molecule has 0 saturated heterocycles. The van der Waals surface area contributed by atoms with Gasteiger partial charge in [-0.3, -0.25) is 0 Å². The van der Waals surface area contributed by atoms with E-state index in [9.17, 15) is 0 Å². The largest absolute Gasteiger partial charge is 0.207 e. The second-order valence-corrected chi connectivity index (χ2v) is 6.80. The molecule has 0 fully saturated rings. The third kappa shape index (κ3) is 2.07. The normalized spacial score (nSPS) is 13.9. The van der Waals surface area contributed by atoms with E-state index in [0.29, 0.717) is 11.1 Å². The van der Waals surface area contributed by atoms with Gasteiger partial charge < -0.3 is 0 Å². The second kappa shape index (κ2) is 5.88. The van der Waals surface area contributed by atoms with Gasteiger partial charge in [-0.15, -0.1) is 0 Å². The Morgan fingerprint density at radius 1 is 0.407 bits per heavy atom. The Morgan fingerprint density at radius 2 is 0.741 bits per heavy atom. The first-order valence-corrected chi connectivity index (χ1v) is 8.94. The quantitative estimate of drug-likeness (QED) is 0.348. The molecule has 130 valence electrons. The summed E-state index contributed by atoms with van der Waals surface area (Å²) in [6.45, 7) is 0. The number of hydrogen-bond donors (Lipinski definition) is 0. The van der Waals surface area contributed by atoms with Crippen LogP contribution in [0.5, 0.6) is 0 Å². The maximum atomic E-state index is 15.2. The lowest BCUT2D eigenvalue weighted by atomic mass is 9.67. The van der Waals surface area contributed by atoms with Crippen molar-refractivity contribution in [2.24, 2.45) is 0 Å². The number of rotatable bonds is 2. The SMILES string of the molecule is Fc1ccccc1C1(c2ccccc2F)c2ccccc2-c2ccccc21. The second-order valence-electron chi connectivity index (χ2n) is 6.80. The molecule has 0 radical (unpaired) electrons. The predicted molar refractivity (Wildman–Crippen MR) is 104 cm³/mol. The first-order chi connectivity index (χ1) is 13.2. The molecular formula is C25H16F2. The standard InChI is InChI=1S/C25H16F2/c26-23-15-7-5-13-21(23)25(22-14-6-8-16-24(22)27)19-11-3-1-9-17(19)18-10-2-4-12-20(18)25/h1-16H. The van der Waals surface area contributed by atoms with Gasteiger partial charge in [-0.2, -0.15) is 0 Å². The van der Waals surface area contributed by atoms with Crippen LogP contribution in [0.3, 0.4) is 0 Å². The number of halogens is 2. The minimum absolute atomic E-state index is 0.341. The van der Waals surface area contributed by atoms with Crippen LogP contribution in [0.2, 0.25) is 0 Å². The molecule has 0 spiro atoms. The minimum Gasteiger partial charge on any atom is -0.207 e. The highest BCUT2D eigenvalue weighted by Crippen LogP contribution is 2.56. The molecule has 0 saturated carbocycles. The number of hydrogen-bond acceptors (Lipinski definition) is 0. The summed E-state index contributed by atoms with van der Waals surface area (Å²) in [5.41, 5.74) is 3.74. The first kappa shape index (κ1) is 16.0. The van der Waals surface area contributed by atoms with Crippen LogP contribution in [0.25, 0.3) is 11.1 Å². The molecule has 4 aromatic carbocycles. The summed E-state index contributed by atoms with van der Waals surface area (Å²) in [6.07, 6.45) is 0. The van der Waals surface area contributed by atoms with Gasteiger partial charge in [-0.1, -0.05) is 84.9 Å². The van der Waals surface area contributed by atoms with E-state index in [0.717, 1.165) is 22.3 Å². The van der Waals surface area contributed by atoms with Crippen molar-refractivity contribution < 1.29 is 8.78 Å². The molecule has 0 amide bonds. The monoisotopic (exact) mass is 354 g/mol. The van der Waals surface area contributed by atoms with Gasteiger partial charge in [0.05, 0.1) is 5.41 Å². The maximum Gasteiger partial charge on any atom is 0.127 e. The Labute approximate surface area is 156 Å². The fourth-order valence-electron chi connectivity index (χ4n) is 4.49. The fourth-order valence-corrected chi connectivity index (χ4v) is 4.49. The lowest BCUT2D eigenvalue weighted by molar-refractivity contribution is 0.555. The maximum absolute atomic E-state index is 15.2. The highest BCUT2D eigenvalue weighted by molar-refractivity contribution is 5.86. The molecule has 0 aromatic heterocycles. The third-order valence-electron chi connectivity index (χ3n) is 5.51. The average molecular weight is 354 g/mol. The van der Waals surface area contributed by atoms with Gasteiger partial charge in [0.15, 0.2) is 0 Å². The smallest absolute Gasteiger partial charge is 0.127 e. The Morgan fingerprint density at radius 3 is 1.15 bits per heavy atom. The van der Waals surface area contributed by atoms with Gasteiger partial charge in [-0.25, -0.2) is 8.78 Å². The summed E-state index contributed by atoms with van der Waals surface area (Å²) >= 11 is 0. The van der Waals surface area contributed by atoms with Crippen LogP contribution >= 0.6 is 0 Å². The van der Waals surface area contributed by atoms with E-state index in [1.54, 1.807) is 24.3 Å². The van der Waals surface area contributed by atoms with Crippen LogP contribution in [0.1, 0.15) is 22.3 Å². The van der Waals surface area contributed by atoms with Gasteiger partial charge >= 0.3 is 0 Å². The van der Waals surface area contributed by atoms with Gasteiger partial charge in [0.1, 0.15) is 11.6 Å². The summed E-state index contributed by atoms with van der Waals surface area (Å²) in [7, 11) is 0. The number of benzene rings is 4. The molecule has 27 heavy (non-hydrogen) atoms. The number of fused-ring (bicyclic) bond motifs is 3. The predicted octanol–water partition coefficient (Wildman–Crippen LogP) is 6.33. The molecule has 2 heteroatoms. The highest BCUT2D eigenvalue weighted by Gasteiger charge is 2.48. The fraction of sp³-hybridized carbons (Fsp3) is 0.0400. The van der Waals surface area contributed by atoms with E-state index < -0.39 is 5.41 Å². The van der Waals surface area contributed by atoms with Crippen molar-refractivity contribution in [3.8, 4) is 11.1 Å². The molecule has 1 aliphatic rings. The van der Waals surface area contributed by atoms with Crippen molar-refractivity contribution in [3.63, 3.8) is 0 Å². The summed E-state index contributed by atoms with van der Waals surface area (Å²) in [6, 6.07) is 29.2. The van der Waals surface area contributed by atoms with Crippen molar-refractivity contribution in [2.75, 3.05) is 0 Å². The van der Waals surface area contributed by atoms with Crippen molar-refractivity contribution in [2.45, 2.75) is 5.41 Å². The van der Waals surface area contributed by atoms with Gasteiger partial charge in [0.25, 0.3) is 0 Å². The van der Waals surface area contributed by atoms with E-state index in [1.807, 2.05) is 60.7 Å². The van der Waals surface area contributed by atoms with Crippen molar-refractivity contribution >= 4 is 0 Å². The Bertz CT molecular complexity index is 1070. The highest BCUT2D eigenvalue weighted by atomic mass is 19.1. The Balaban J connectivity index is 2.03. The third-order valence-corrected chi connectivity index (χ3v) is 5.51. The van der Waals surface area contributed by atoms with Gasteiger partial charge in [0.2, 0.25) is 0 Å². The van der Waals surface area contributed by atoms with Gasteiger partial charge in [0, 0.05) is 11.1 Å². The van der Waals surface area contributed by atoms with Crippen LogP contribution < -0.4 is 0 Å². The van der Waals surface area contributed by atoms with Crippen molar-refractivity contribution in [1.29, 1.82) is 0 Å². The summed E-state index contributed by atoms with van der Waals surface area (Å²) < 4.78 is 30.3. The van der Waals surface area contributed by atoms with Crippen molar-refractivity contribution in [3.05, 3.63) is 131 Å². The van der Waals surface area contributed by atoms with E-state index in [-0.39, 0.29) is 11.6 Å². The van der Waals surface area contributed by atoms with E-state index >= 15 is 8.78 Å². The topological polar surface area (TPSA) is 0 Å². The lowest BCUT2D eigenvalue weighted by Gasteiger charge is -2.34. The van der Waals surface area contributed by atoms with E-state index in [1.165, 1.54) is 12.1 Å². The van der Waals surface area contributed by atoms with Crippen molar-refractivity contribution in [1.82, 2.24) is 0 Å². The molecule has 4 aromatic rings. The lowest BCUT2D eigenvalue weighted by Crippen LogP contribution is -2.31. The minimum atomic E-state index is -1.02. The van der Waals surface area contributed by atoms with E-state index in [4.69, 9.17) is 0 Å². The first-order valence-electron chi connectivity index (χ1n) is 8.94. The zero-order chi connectivity index (χ0) is 18.4. The zero-order valence-corrected chi connectivity index (χ0v) is 14.5. The molecule has 0 atom stereocenters. The van der Waals surface area contributed by atoms with Crippen LogP contribution in [0, 0.1) is 11.6 Å². The Hall–Kier alpha value is -3.26. The average Bonchev–Trinajstić information content (AvgIpc) is 3.00. The van der Waals surface area contributed by atoms with E-state index in [2.05, 4.69) is 0 Å². The molecular weight excluding hydrogens is 338 g/mol. The van der Waals surface area contributed by atoms with Gasteiger partial charge in [-0.05, 0) is 34.4 Å². The van der Waals surface area contributed by atoms with Crippen LogP contribution in [0.15, 0.2) is 97.1 Å². The molecule has 0 nitrogen and oxygen atoms in total. The zero-order valence-electron chi connectivity index (χ0n) is 14.5. The molecule has 0 aliphatic heterocycles. The van der Waals surface area contributed by atoms with Crippen LogP contribution in [-0.2, 0) is 5.41 Å². The molecule has 0 N–H and O–H groups in total. The van der Waals surface area contributed by atoms with Crippen LogP contribution in [-0.4, -0.2) is 0 Å². The summed E-state index contributed by atoms with van der Waals surface area (Å²) in [5, 5.41) is 0. The summed E-state index contributed by atoms with van der Waals surface area (Å²) in [4.78, 5) is 0. The molecule has 5 rings (SSSR count). The molecule has 0 bridgehead atoms. The summed E-state index contributed by atoms with van der Waals surface area (Å²) in [5.74, 6) is -0.681. The molecule has 0 unspecified atom stereocenters. The molecule has 0 heterocycles. The Kier molecular flexibility index (Phi) is 3.48. The van der Waals surface area contributed by atoms with Crippen LogP contribution in [0.4, 0.5) is 8.78 Å².